The molecule has 7 heteroatoms. The molecule has 7 nitrogen and oxygen atoms in total. The van der Waals surface area contributed by atoms with Gasteiger partial charge in [-0.05, 0) is 44.7 Å². The van der Waals surface area contributed by atoms with E-state index >= 15 is 0 Å². The normalized spacial score (nSPS) is 18.3. The van der Waals surface area contributed by atoms with E-state index in [0.29, 0.717) is 31.0 Å². The van der Waals surface area contributed by atoms with Crippen molar-refractivity contribution in [1.29, 1.82) is 0 Å². The molecule has 1 aromatic carbocycles. The Morgan fingerprint density at radius 2 is 1.83 bits per heavy atom. The molecule has 0 radical (unpaired) electrons. The fourth-order valence-electron chi connectivity index (χ4n) is 4.72. The van der Waals surface area contributed by atoms with Crippen LogP contribution in [0, 0.1) is 0 Å². The zero-order valence-corrected chi connectivity index (χ0v) is 17.3. The molecule has 2 aliphatic rings. The number of aryl methyl sites for hydroxylation is 1. The van der Waals surface area contributed by atoms with E-state index in [-0.39, 0.29) is 23.6 Å². The minimum absolute atomic E-state index is 0.00366. The molecule has 2 fully saturated rings. The lowest BCUT2D eigenvalue weighted by Crippen LogP contribution is -2.39. The van der Waals surface area contributed by atoms with E-state index in [4.69, 9.17) is 4.74 Å². The van der Waals surface area contributed by atoms with E-state index in [1.807, 2.05) is 40.7 Å². The number of hydrogen-bond donors (Lipinski definition) is 0. The first-order chi connectivity index (χ1) is 14.1. The van der Waals surface area contributed by atoms with Gasteiger partial charge >= 0.3 is 5.69 Å². The summed E-state index contributed by atoms with van der Waals surface area (Å²) in [6, 6.07) is 7.71. The molecular weight excluding hydrogens is 368 g/mol. The third-order valence-corrected chi connectivity index (χ3v) is 6.24. The molecule has 2 aromatic rings. The van der Waals surface area contributed by atoms with E-state index in [1.54, 1.807) is 7.05 Å². The molecule has 1 aliphatic carbocycles. The molecule has 1 amide bonds. The van der Waals surface area contributed by atoms with Crippen molar-refractivity contribution in [2.24, 2.45) is 7.05 Å². The number of para-hydroxylation sites is 1. The van der Waals surface area contributed by atoms with Crippen LogP contribution in [0.1, 0.15) is 73.6 Å². The van der Waals surface area contributed by atoms with Crippen molar-refractivity contribution in [3.05, 3.63) is 46.1 Å². The number of carbonyl (C=O) groups excluding carboxylic acids is 1. The summed E-state index contributed by atoms with van der Waals surface area (Å²) >= 11 is 0. The van der Waals surface area contributed by atoms with Gasteiger partial charge in [-0.15, -0.1) is 0 Å². The van der Waals surface area contributed by atoms with Gasteiger partial charge in [0.25, 0.3) is 5.91 Å². The predicted molar refractivity (Wildman–Crippen MR) is 110 cm³/mol. The standard InChI is InChI=1S/C22H30N4O3/c1-3-29-19-11-7-6-10-18(19)21(27)25-14-12-16(13-15-25)20-23-24(2)22(28)26(20)17-8-4-5-9-17/h6-7,10-11,16-17H,3-5,8-9,12-15H2,1-2H3. The van der Waals surface area contributed by atoms with Crippen molar-refractivity contribution in [2.45, 2.75) is 57.4 Å². The maximum Gasteiger partial charge on any atom is 0.345 e. The molecule has 0 spiro atoms. The second-order valence-corrected chi connectivity index (χ2v) is 8.07. The maximum absolute atomic E-state index is 13.0. The van der Waals surface area contributed by atoms with Gasteiger partial charge in [0.15, 0.2) is 0 Å². The Bertz CT molecular complexity index is 918. The first kappa shape index (κ1) is 19.7. The van der Waals surface area contributed by atoms with Crippen molar-refractivity contribution in [2.75, 3.05) is 19.7 Å². The van der Waals surface area contributed by atoms with Crippen LogP contribution in [0.15, 0.2) is 29.1 Å². The number of benzene rings is 1. The summed E-state index contributed by atoms with van der Waals surface area (Å²) in [6.07, 6.45) is 6.13. The van der Waals surface area contributed by atoms with Crippen LogP contribution < -0.4 is 10.4 Å². The van der Waals surface area contributed by atoms with Gasteiger partial charge in [-0.2, -0.15) is 5.10 Å². The molecule has 29 heavy (non-hydrogen) atoms. The van der Waals surface area contributed by atoms with Gasteiger partial charge in [0, 0.05) is 32.1 Å². The second-order valence-electron chi connectivity index (χ2n) is 8.07. The molecular formula is C22H30N4O3. The van der Waals surface area contributed by atoms with Crippen LogP contribution in [0.25, 0.3) is 0 Å². The molecule has 1 aliphatic heterocycles. The summed E-state index contributed by atoms with van der Waals surface area (Å²) < 4.78 is 9.05. The zero-order chi connectivity index (χ0) is 20.4. The number of hydrogen-bond acceptors (Lipinski definition) is 4. The fraction of sp³-hybridized carbons (Fsp3) is 0.591. The minimum Gasteiger partial charge on any atom is -0.493 e. The van der Waals surface area contributed by atoms with Crippen LogP contribution in [-0.2, 0) is 7.05 Å². The number of ether oxygens (including phenoxy) is 1. The molecule has 4 rings (SSSR count). The summed E-state index contributed by atoms with van der Waals surface area (Å²) in [5.74, 6) is 1.78. The van der Waals surface area contributed by atoms with Crippen LogP contribution in [0.3, 0.4) is 0 Å². The average Bonchev–Trinajstić information content (AvgIpc) is 3.37. The minimum atomic E-state index is -0.00366. The number of piperidine rings is 1. The Morgan fingerprint density at radius 1 is 1.14 bits per heavy atom. The van der Waals surface area contributed by atoms with Crippen molar-refractivity contribution in [3.63, 3.8) is 0 Å². The van der Waals surface area contributed by atoms with Crippen LogP contribution in [0.2, 0.25) is 0 Å². The third-order valence-electron chi connectivity index (χ3n) is 6.24. The number of amides is 1. The van der Waals surface area contributed by atoms with Gasteiger partial charge in [0.05, 0.1) is 12.2 Å². The molecule has 0 unspecified atom stereocenters. The van der Waals surface area contributed by atoms with E-state index in [1.165, 1.54) is 17.5 Å². The largest absolute Gasteiger partial charge is 0.493 e. The fourth-order valence-corrected chi connectivity index (χ4v) is 4.72. The van der Waals surface area contributed by atoms with Crippen LogP contribution >= 0.6 is 0 Å². The highest BCUT2D eigenvalue weighted by molar-refractivity contribution is 5.97. The molecule has 156 valence electrons. The van der Waals surface area contributed by atoms with Crippen molar-refractivity contribution in [3.8, 4) is 5.75 Å². The Morgan fingerprint density at radius 3 is 2.52 bits per heavy atom. The molecule has 0 bridgehead atoms. The lowest BCUT2D eigenvalue weighted by Gasteiger charge is -2.32. The first-order valence-corrected chi connectivity index (χ1v) is 10.8. The van der Waals surface area contributed by atoms with Gasteiger partial charge in [-0.25, -0.2) is 9.48 Å². The first-order valence-electron chi connectivity index (χ1n) is 10.8. The summed E-state index contributed by atoms with van der Waals surface area (Å²) in [6.45, 7) is 3.78. The van der Waals surface area contributed by atoms with E-state index < -0.39 is 0 Å². The third kappa shape index (κ3) is 3.82. The highest BCUT2D eigenvalue weighted by Gasteiger charge is 2.32. The van der Waals surface area contributed by atoms with E-state index in [9.17, 15) is 9.59 Å². The van der Waals surface area contributed by atoms with Crippen molar-refractivity contribution < 1.29 is 9.53 Å². The summed E-state index contributed by atoms with van der Waals surface area (Å²) in [7, 11) is 1.74. The summed E-state index contributed by atoms with van der Waals surface area (Å²) in [4.78, 5) is 27.6. The maximum atomic E-state index is 13.0. The Kier molecular flexibility index (Phi) is 5.74. The quantitative estimate of drug-likeness (QED) is 0.776. The topological polar surface area (TPSA) is 69.4 Å². The summed E-state index contributed by atoms with van der Waals surface area (Å²) in [5, 5.41) is 4.59. The van der Waals surface area contributed by atoms with E-state index in [0.717, 1.165) is 31.5 Å². The lowest BCUT2D eigenvalue weighted by molar-refractivity contribution is 0.0705. The predicted octanol–water partition coefficient (Wildman–Crippen LogP) is 3.12. The molecule has 0 N–H and O–H groups in total. The highest BCUT2D eigenvalue weighted by Crippen LogP contribution is 2.34. The van der Waals surface area contributed by atoms with Gasteiger partial charge in [0.2, 0.25) is 0 Å². The molecule has 0 atom stereocenters. The zero-order valence-electron chi connectivity index (χ0n) is 17.3. The molecule has 1 aromatic heterocycles. The number of rotatable bonds is 5. The molecule has 1 saturated carbocycles. The van der Waals surface area contributed by atoms with Gasteiger partial charge < -0.3 is 9.64 Å². The van der Waals surface area contributed by atoms with E-state index in [2.05, 4.69) is 5.10 Å². The Balaban J connectivity index is 1.49. The Labute approximate surface area is 171 Å². The van der Waals surface area contributed by atoms with Gasteiger partial charge in [0.1, 0.15) is 11.6 Å². The number of nitrogens with zero attached hydrogens (tertiary/aromatic N) is 4. The van der Waals surface area contributed by atoms with Crippen LogP contribution in [0.4, 0.5) is 0 Å². The monoisotopic (exact) mass is 398 g/mol. The van der Waals surface area contributed by atoms with Gasteiger partial charge in [-0.1, -0.05) is 25.0 Å². The van der Waals surface area contributed by atoms with Crippen molar-refractivity contribution >= 4 is 5.91 Å². The van der Waals surface area contributed by atoms with Crippen LogP contribution in [-0.4, -0.2) is 44.9 Å². The summed E-state index contributed by atoms with van der Waals surface area (Å²) in [5.41, 5.74) is 0.615. The SMILES string of the molecule is CCOc1ccccc1C(=O)N1CCC(c2nn(C)c(=O)n2C2CCCC2)CC1. The smallest absolute Gasteiger partial charge is 0.345 e. The number of likely N-dealkylation sites (tertiary alicyclic amines) is 1. The number of aromatic nitrogens is 3. The molecule has 1 saturated heterocycles. The van der Waals surface area contributed by atoms with Crippen LogP contribution in [0.5, 0.6) is 5.75 Å². The number of carbonyl (C=O) groups is 1. The Hall–Kier alpha value is -2.57. The highest BCUT2D eigenvalue weighted by atomic mass is 16.5. The van der Waals surface area contributed by atoms with Crippen molar-refractivity contribution in [1.82, 2.24) is 19.2 Å². The second kappa shape index (κ2) is 8.43. The molecule has 2 heterocycles. The lowest BCUT2D eigenvalue weighted by atomic mass is 9.95. The average molecular weight is 399 g/mol. The van der Waals surface area contributed by atoms with Gasteiger partial charge in [-0.3, -0.25) is 9.36 Å².